The van der Waals surface area contributed by atoms with Crippen LogP contribution in [0.5, 0.6) is 0 Å². The Bertz CT molecular complexity index is 3510. The van der Waals surface area contributed by atoms with Crippen LogP contribution in [0.1, 0.15) is 22.3 Å². The molecule has 0 amide bonds. The first-order chi connectivity index (χ1) is 33.8. The largest absolute Gasteiger partial charge is 0.417 e. The molecule has 2 aromatic heterocycles. The topological polar surface area (TPSA) is 43.6 Å². The van der Waals surface area contributed by atoms with E-state index in [1.807, 2.05) is 0 Å². The zero-order valence-electron chi connectivity index (χ0n) is 36.1. The molecular weight excluding hydrogens is 945 g/mol. The summed E-state index contributed by atoms with van der Waals surface area (Å²) in [5, 5.41) is 0.481. The molecule has 71 heavy (non-hydrogen) atoms. The number of para-hydroxylation sites is 1. The van der Waals surface area contributed by atoms with Crippen molar-refractivity contribution in [3.8, 4) is 73.2 Å². The second kappa shape index (κ2) is 17.3. The minimum Gasteiger partial charge on any atom is -0.308 e. The zero-order chi connectivity index (χ0) is 50.0. The van der Waals surface area contributed by atoms with Gasteiger partial charge in [0.2, 0.25) is 0 Å². The molecule has 0 atom stereocenters. The Hall–Kier alpha value is -8.27. The molecular formula is C55H30F12N4. The molecule has 0 radical (unpaired) electrons. The van der Waals surface area contributed by atoms with E-state index in [0.717, 1.165) is 12.1 Å². The maximum absolute atomic E-state index is 15.3. The SMILES string of the molecule is FC(F)(F)c1ccc(-c2ccc3c(c2)c2ccccc2n3-c2c(-c3ccccc3C(F)(F)F)cc(-c3nc(-c4ccccc4)nc(-c4ccccc4)n3)cc2-c2ccccc2C(F)(F)F)c(C(F)(F)F)c1. The van der Waals surface area contributed by atoms with E-state index in [2.05, 4.69) is 0 Å². The summed E-state index contributed by atoms with van der Waals surface area (Å²) in [7, 11) is 0. The lowest BCUT2D eigenvalue weighted by molar-refractivity contribution is -0.143. The van der Waals surface area contributed by atoms with Crippen LogP contribution in [0.3, 0.4) is 0 Å². The molecule has 0 aliphatic rings. The van der Waals surface area contributed by atoms with E-state index in [4.69, 9.17) is 15.0 Å². The van der Waals surface area contributed by atoms with Crippen LogP contribution in [0.4, 0.5) is 52.7 Å². The summed E-state index contributed by atoms with van der Waals surface area (Å²) < 4.78 is 178. The molecule has 0 unspecified atom stereocenters. The Labute approximate surface area is 395 Å². The summed E-state index contributed by atoms with van der Waals surface area (Å²) in [6.07, 6.45) is -20.4. The van der Waals surface area contributed by atoms with Gasteiger partial charge in [0.15, 0.2) is 17.5 Å². The average molecular weight is 975 g/mol. The number of alkyl halides is 12. The Morgan fingerprint density at radius 2 is 0.746 bits per heavy atom. The van der Waals surface area contributed by atoms with E-state index < -0.39 is 63.6 Å². The van der Waals surface area contributed by atoms with Crippen molar-refractivity contribution >= 4 is 21.8 Å². The van der Waals surface area contributed by atoms with Crippen LogP contribution >= 0.6 is 0 Å². The fourth-order valence-electron chi connectivity index (χ4n) is 8.87. The van der Waals surface area contributed by atoms with Crippen LogP contribution < -0.4 is 0 Å². The number of fused-ring (bicyclic) bond motifs is 3. The van der Waals surface area contributed by atoms with Crippen molar-refractivity contribution in [3.05, 3.63) is 204 Å². The number of benzene rings is 8. The number of nitrogens with zero attached hydrogens (tertiary/aromatic N) is 4. The van der Waals surface area contributed by atoms with Gasteiger partial charge in [0.05, 0.1) is 39.0 Å². The van der Waals surface area contributed by atoms with Gasteiger partial charge in [-0.3, -0.25) is 0 Å². The van der Waals surface area contributed by atoms with E-state index in [1.165, 1.54) is 71.3 Å². The molecule has 0 fully saturated rings. The number of rotatable bonds is 7. The normalized spacial score (nSPS) is 12.5. The molecule has 354 valence electrons. The summed E-state index contributed by atoms with van der Waals surface area (Å²) in [5.41, 5.74) is -6.36. The van der Waals surface area contributed by atoms with Gasteiger partial charge in [0.1, 0.15) is 0 Å². The maximum atomic E-state index is 15.3. The second-order valence-corrected chi connectivity index (χ2v) is 16.4. The van der Waals surface area contributed by atoms with E-state index in [0.29, 0.717) is 28.6 Å². The molecule has 8 aromatic carbocycles. The van der Waals surface area contributed by atoms with Gasteiger partial charge in [0, 0.05) is 38.6 Å². The zero-order valence-corrected chi connectivity index (χ0v) is 36.1. The second-order valence-electron chi connectivity index (χ2n) is 16.4. The predicted octanol–water partition coefficient (Wildman–Crippen LogP) is 17.0. The lowest BCUT2D eigenvalue weighted by Crippen LogP contribution is -2.12. The first-order valence-corrected chi connectivity index (χ1v) is 21.5. The molecule has 0 saturated heterocycles. The minimum atomic E-state index is -5.24. The first-order valence-electron chi connectivity index (χ1n) is 21.5. The average Bonchev–Trinajstić information content (AvgIpc) is 3.68. The van der Waals surface area contributed by atoms with E-state index in [-0.39, 0.29) is 67.9 Å². The van der Waals surface area contributed by atoms with Crippen molar-refractivity contribution in [2.24, 2.45) is 0 Å². The van der Waals surface area contributed by atoms with Crippen LogP contribution in [0.2, 0.25) is 0 Å². The molecule has 0 aliphatic carbocycles. The molecule has 2 heterocycles. The Balaban J connectivity index is 1.35. The Kier molecular flexibility index (Phi) is 11.3. The maximum Gasteiger partial charge on any atom is 0.417 e. The van der Waals surface area contributed by atoms with Crippen LogP contribution in [-0.4, -0.2) is 19.5 Å². The van der Waals surface area contributed by atoms with Gasteiger partial charge in [-0.15, -0.1) is 0 Å². The quantitative estimate of drug-likeness (QED) is 0.150. The van der Waals surface area contributed by atoms with Gasteiger partial charge in [0.25, 0.3) is 0 Å². The fourth-order valence-corrected chi connectivity index (χ4v) is 8.87. The molecule has 16 heteroatoms. The highest BCUT2D eigenvalue weighted by Gasteiger charge is 2.40. The fraction of sp³-hybridized carbons (Fsp3) is 0.0727. The smallest absolute Gasteiger partial charge is 0.308 e. The van der Waals surface area contributed by atoms with Crippen molar-refractivity contribution in [1.29, 1.82) is 0 Å². The van der Waals surface area contributed by atoms with Gasteiger partial charge in [-0.2, -0.15) is 52.7 Å². The summed E-state index contributed by atoms with van der Waals surface area (Å²) in [6, 6.07) is 40.5. The van der Waals surface area contributed by atoms with E-state index >= 15 is 26.3 Å². The summed E-state index contributed by atoms with van der Waals surface area (Å²) in [6.45, 7) is 0. The number of hydrogen-bond acceptors (Lipinski definition) is 3. The third kappa shape index (κ3) is 8.74. The number of halogens is 12. The van der Waals surface area contributed by atoms with Crippen molar-refractivity contribution < 1.29 is 52.7 Å². The number of hydrogen-bond donors (Lipinski definition) is 0. The molecule has 10 rings (SSSR count). The third-order valence-electron chi connectivity index (χ3n) is 12.0. The summed E-state index contributed by atoms with van der Waals surface area (Å²) in [4.78, 5) is 14.2. The van der Waals surface area contributed by atoms with Crippen LogP contribution in [0.15, 0.2) is 182 Å². The van der Waals surface area contributed by atoms with Gasteiger partial charge >= 0.3 is 24.7 Å². The number of aromatic nitrogens is 4. The van der Waals surface area contributed by atoms with E-state index in [1.54, 1.807) is 84.9 Å². The van der Waals surface area contributed by atoms with Crippen molar-refractivity contribution in [2.75, 3.05) is 0 Å². The van der Waals surface area contributed by atoms with Gasteiger partial charge in [-0.25, -0.2) is 15.0 Å². The van der Waals surface area contributed by atoms with Crippen molar-refractivity contribution in [3.63, 3.8) is 0 Å². The molecule has 0 bridgehead atoms. The lowest BCUT2D eigenvalue weighted by atomic mass is 9.88. The lowest BCUT2D eigenvalue weighted by Gasteiger charge is -2.24. The summed E-state index contributed by atoms with van der Waals surface area (Å²) >= 11 is 0. The van der Waals surface area contributed by atoms with Gasteiger partial charge in [-0.05, 0) is 76.9 Å². The highest BCUT2D eigenvalue weighted by molar-refractivity contribution is 6.12. The molecule has 0 N–H and O–H groups in total. The van der Waals surface area contributed by atoms with Gasteiger partial charge < -0.3 is 4.57 Å². The molecule has 0 aliphatic heterocycles. The van der Waals surface area contributed by atoms with Crippen LogP contribution in [0, 0.1) is 0 Å². The van der Waals surface area contributed by atoms with Crippen LogP contribution in [-0.2, 0) is 24.7 Å². The van der Waals surface area contributed by atoms with Gasteiger partial charge in [-0.1, -0.05) is 127 Å². The predicted molar refractivity (Wildman–Crippen MR) is 247 cm³/mol. The molecule has 0 spiro atoms. The third-order valence-corrected chi connectivity index (χ3v) is 12.0. The minimum absolute atomic E-state index is 0.00509. The highest BCUT2D eigenvalue weighted by atomic mass is 19.4. The van der Waals surface area contributed by atoms with Crippen molar-refractivity contribution in [2.45, 2.75) is 24.7 Å². The summed E-state index contributed by atoms with van der Waals surface area (Å²) in [5.74, 6) is 0.186. The standard InChI is InChI=1S/C55H30F12N4/c56-52(57,58)35-24-25-36(45(30-35)55(65,66)67)33-23-26-47-40(27-33)39-19-9-12-22-46(39)71(47)48-41(37-17-7-10-20-43(37)53(59,60)61)28-34(29-42(48)38-18-8-11-21-44(38)54(62,63)64)51-69-49(31-13-3-1-4-14-31)68-50(70-51)32-15-5-2-6-16-32/h1-30H. The Morgan fingerprint density at radius 1 is 0.296 bits per heavy atom. The molecule has 0 saturated carbocycles. The van der Waals surface area contributed by atoms with Crippen LogP contribution in [0.25, 0.3) is 95.0 Å². The molecule has 10 aromatic rings. The first kappa shape index (κ1) is 46.5. The Morgan fingerprint density at radius 3 is 1.25 bits per heavy atom. The van der Waals surface area contributed by atoms with Crippen molar-refractivity contribution in [1.82, 2.24) is 19.5 Å². The highest BCUT2D eigenvalue weighted by Crippen LogP contribution is 2.50. The monoisotopic (exact) mass is 974 g/mol. The van der Waals surface area contributed by atoms with E-state index in [9.17, 15) is 26.3 Å². The molecule has 4 nitrogen and oxygen atoms in total.